The number of likely N-dealkylation sites (N-methyl/N-ethyl adjacent to an activating group) is 1. The number of piperazine rings is 1. The lowest BCUT2D eigenvalue weighted by molar-refractivity contribution is -0.141. The van der Waals surface area contributed by atoms with E-state index in [0.29, 0.717) is 28.8 Å². The number of hydrogen-bond donors (Lipinski definition) is 2. The van der Waals surface area contributed by atoms with Gasteiger partial charge in [0.25, 0.3) is 0 Å². The first-order valence-electron chi connectivity index (χ1n) is 15.0. The first kappa shape index (κ1) is 28.9. The predicted octanol–water partition coefficient (Wildman–Crippen LogP) is 3.17. The number of carbonyl (C=O) groups is 3. The van der Waals surface area contributed by atoms with Gasteiger partial charge >= 0.3 is 0 Å². The van der Waals surface area contributed by atoms with Crippen LogP contribution in [0.15, 0.2) is 30.4 Å². The van der Waals surface area contributed by atoms with Gasteiger partial charge in [-0.3, -0.25) is 19.3 Å². The van der Waals surface area contributed by atoms with Crippen molar-refractivity contribution in [3.8, 4) is 0 Å². The molecule has 1 aliphatic carbocycles. The number of likely N-dealkylation sites (tertiary alicyclic amines) is 1. The van der Waals surface area contributed by atoms with Crippen LogP contribution in [0, 0.1) is 11.8 Å². The number of ether oxygens (including phenoxy) is 1. The minimum atomic E-state index is -1.17. The van der Waals surface area contributed by atoms with Crippen molar-refractivity contribution in [2.75, 3.05) is 51.1 Å². The monoisotopic (exact) mass is 603 g/mol. The molecular weight excluding hydrogens is 565 g/mol. The van der Waals surface area contributed by atoms with Crippen LogP contribution < -0.4 is 10.6 Å². The molecule has 1 spiro atoms. The number of amides is 3. The maximum absolute atomic E-state index is 14.2. The van der Waals surface area contributed by atoms with E-state index in [9.17, 15) is 14.4 Å². The fourth-order valence-electron chi connectivity index (χ4n) is 7.46. The standard InChI is InChI=1S/C30H39Cl2N5O4/c1-2-35-10-12-36(13-11-35)14-15-37-26(28(39)33-21-6-4-3-5-7-21)30-9-8-23(41-30)24(25(30)29(37)40)27(38)34-22-17-19(31)16-20(32)18-22/h8-9,16-18,21,23-26H,2-7,10-15H2,1H3,(H,33,39)(H,34,38)/t23-,24-,25-,26-,30+/m1/s1. The van der Waals surface area contributed by atoms with Gasteiger partial charge in [-0.15, -0.1) is 0 Å². The average Bonchev–Trinajstić information content (AvgIpc) is 3.59. The molecular formula is C30H39Cl2N5O4. The van der Waals surface area contributed by atoms with E-state index in [0.717, 1.165) is 58.4 Å². The van der Waals surface area contributed by atoms with Crippen molar-refractivity contribution in [3.05, 3.63) is 40.4 Å². The highest BCUT2D eigenvalue weighted by atomic mass is 35.5. The quantitative estimate of drug-likeness (QED) is 0.443. The van der Waals surface area contributed by atoms with Crippen LogP contribution in [0.25, 0.3) is 0 Å². The Labute approximate surface area is 251 Å². The molecule has 5 aliphatic rings. The Hall–Kier alpha value is -2.17. The summed E-state index contributed by atoms with van der Waals surface area (Å²) in [6, 6.07) is 4.10. The third kappa shape index (κ3) is 5.52. The van der Waals surface area contributed by atoms with Crippen LogP contribution >= 0.6 is 23.2 Å². The molecule has 1 aromatic carbocycles. The van der Waals surface area contributed by atoms with E-state index >= 15 is 0 Å². The van der Waals surface area contributed by atoms with Gasteiger partial charge in [0.15, 0.2) is 0 Å². The minimum absolute atomic E-state index is 0.0972. The highest BCUT2D eigenvalue weighted by molar-refractivity contribution is 6.35. The molecule has 1 aromatic rings. The highest BCUT2D eigenvalue weighted by Gasteiger charge is 2.72. The molecule has 0 unspecified atom stereocenters. The molecule has 4 fully saturated rings. The molecule has 1 saturated carbocycles. The number of benzene rings is 1. The van der Waals surface area contributed by atoms with Crippen LogP contribution in [0.3, 0.4) is 0 Å². The van der Waals surface area contributed by atoms with E-state index in [1.165, 1.54) is 6.42 Å². The van der Waals surface area contributed by atoms with Crippen molar-refractivity contribution in [2.45, 2.75) is 62.8 Å². The smallest absolute Gasteiger partial charge is 0.246 e. The SMILES string of the molecule is CCN1CCN(CCN2C(=O)[C@H]3[C@H](C(=O)Nc4cc(Cl)cc(Cl)c4)[C@H]4C=C[C@@]3(O4)[C@H]2C(=O)NC2CCCCC2)CC1. The van der Waals surface area contributed by atoms with Gasteiger partial charge in [0.2, 0.25) is 17.7 Å². The van der Waals surface area contributed by atoms with Crippen LogP contribution in [0.4, 0.5) is 5.69 Å². The Bertz CT molecular complexity index is 1200. The van der Waals surface area contributed by atoms with Crippen molar-refractivity contribution >= 4 is 46.6 Å². The van der Waals surface area contributed by atoms with E-state index in [1.54, 1.807) is 23.1 Å². The number of hydrogen-bond acceptors (Lipinski definition) is 6. The molecule has 9 nitrogen and oxygen atoms in total. The van der Waals surface area contributed by atoms with Crippen LogP contribution in [0.2, 0.25) is 10.0 Å². The summed E-state index contributed by atoms with van der Waals surface area (Å²) in [5.74, 6) is -2.28. The largest absolute Gasteiger partial charge is 0.359 e. The van der Waals surface area contributed by atoms with Crippen molar-refractivity contribution < 1.29 is 19.1 Å². The summed E-state index contributed by atoms with van der Waals surface area (Å²) < 4.78 is 6.48. The minimum Gasteiger partial charge on any atom is -0.359 e. The van der Waals surface area contributed by atoms with E-state index in [-0.39, 0.29) is 23.8 Å². The second-order valence-corrected chi connectivity index (χ2v) is 12.9. The maximum Gasteiger partial charge on any atom is 0.246 e. The number of anilines is 1. The Morgan fingerprint density at radius 3 is 2.34 bits per heavy atom. The van der Waals surface area contributed by atoms with Gasteiger partial charge in [0, 0.05) is 61.0 Å². The van der Waals surface area contributed by atoms with E-state index < -0.39 is 29.6 Å². The molecule has 2 bridgehead atoms. The average molecular weight is 605 g/mol. The number of nitrogens with zero attached hydrogens (tertiary/aromatic N) is 3. The van der Waals surface area contributed by atoms with Crippen LogP contribution in [0.1, 0.15) is 39.0 Å². The van der Waals surface area contributed by atoms with Crippen molar-refractivity contribution in [1.82, 2.24) is 20.0 Å². The number of rotatable bonds is 8. The maximum atomic E-state index is 14.2. The zero-order valence-corrected chi connectivity index (χ0v) is 25.0. The highest BCUT2D eigenvalue weighted by Crippen LogP contribution is 2.55. The molecule has 4 aliphatic heterocycles. The molecule has 6 rings (SSSR count). The van der Waals surface area contributed by atoms with Gasteiger partial charge in [0.1, 0.15) is 11.6 Å². The van der Waals surface area contributed by atoms with Gasteiger partial charge in [-0.1, -0.05) is 61.5 Å². The Morgan fingerprint density at radius 2 is 1.66 bits per heavy atom. The molecule has 0 aromatic heterocycles. The summed E-state index contributed by atoms with van der Waals surface area (Å²) in [5.41, 5.74) is -0.719. The lowest BCUT2D eigenvalue weighted by Gasteiger charge is -2.37. The molecule has 3 saturated heterocycles. The zero-order chi connectivity index (χ0) is 28.7. The third-order valence-electron chi connectivity index (χ3n) is 9.58. The summed E-state index contributed by atoms with van der Waals surface area (Å²) in [7, 11) is 0. The molecule has 222 valence electrons. The molecule has 2 N–H and O–H groups in total. The fraction of sp³-hybridized carbons (Fsp3) is 0.633. The van der Waals surface area contributed by atoms with E-state index in [1.807, 2.05) is 12.2 Å². The summed E-state index contributed by atoms with van der Waals surface area (Å²) in [6.45, 7) is 8.11. The van der Waals surface area contributed by atoms with Gasteiger partial charge in [-0.2, -0.15) is 0 Å². The van der Waals surface area contributed by atoms with Crippen LogP contribution in [-0.2, 0) is 19.1 Å². The topological polar surface area (TPSA) is 94.2 Å². The van der Waals surface area contributed by atoms with Crippen molar-refractivity contribution in [1.29, 1.82) is 0 Å². The fourth-order valence-corrected chi connectivity index (χ4v) is 7.99. The summed E-state index contributed by atoms with van der Waals surface area (Å²) >= 11 is 12.3. The van der Waals surface area contributed by atoms with E-state index in [4.69, 9.17) is 27.9 Å². The lowest BCUT2D eigenvalue weighted by Crippen LogP contribution is -2.57. The molecule has 5 atom stereocenters. The zero-order valence-electron chi connectivity index (χ0n) is 23.5. The van der Waals surface area contributed by atoms with E-state index in [2.05, 4.69) is 27.4 Å². The van der Waals surface area contributed by atoms with Crippen LogP contribution in [0.5, 0.6) is 0 Å². The Morgan fingerprint density at radius 1 is 0.976 bits per heavy atom. The molecule has 4 heterocycles. The number of fused-ring (bicyclic) bond motifs is 1. The summed E-state index contributed by atoms with van der Waals surface area (Å²) in [4.78, 5) is 48.3. The van der Waals surface area contributed by atoms with Gasteiger partial charge in [0.05, 0.1) is 17.9 Å². The first-order chi connectivity index (χ1) is 19.8. The van der Waals surface area contributed by atoms with Gasteiger partial charge < -0.3 is 25.2 Å². The van der Waals surface area contributed by atoms with Gasteiger partial charge in [-0.05, 0) is 37.6 Å². The van der Waals surface area contributed by atoms with Gasteiger partial charge in [-0.25, -0.2) is 0 Å². The second-order valence-electron chi connectivity index (χ2n) is 12.0. The summed E-state index contributed by atoms with van der Waals surface area (Å²) in [5, 5.41) is 6.94. The van der Waals surface area contributed by atoms with Crippen molar-refractivity contribution in [3.63, 3.8) is 0 Å². The number of halogens is 2. The third-order valence-corrected chi connectivity index (χ3v) is 10.0. The Kier molecular flexibility index (Phi) is 8.35. The Balaban J connectivity index is 1.25. The normalized spacial score (nSPS) is 32.0. The first-order valence-corrected chi connectivity index (χ1v) is 15.7. The number of carbonyl (C=O) groups excluding carboxylic acids is 3. The molecule has 3 amide bonds. The predicted molar refractivity (Wildman–Crippen MR) is 158 cm³/mol. The van der Waals surface area contributed by atoms with Crippen LogP contribution in [-0.4, -0.2) is 102 Å². The number of nitrogens with one attached hydrogen (secondary N) is 2. The lowest BCUT2D eigenvalue weighted by atomic mass is 9.74. The summed E-state index contributed by atoms with van der Waals surface area (Å²) in [6.07, 6.45) is 8.36. The molecule has 11 heteroatoms. The molecule has 41 heavy (non-hydrogen) atoms. The second kappa shape index (κ2) is 11.8. The molecule has 0 radical (unpaired) electrons. The van der Waals surface area contributed by atoms with Crippen molar-refractivity contribution in [2.24, 2.45) is 11.8 Å².